The van der Waals surface area contributed by atoms with E-state index in [0.29, 0.717) is 24.2 Å². The molecule has 2 saturated heterocycles. The first kappa shape index (κ1) is 22.4. The molecule has 34 heavy (non-hydrogen) atoms. The Balaban J connectivity index is 1.31. The summed E-state index contributed by atoms with van der Waals surface area (Å²) in [6, 6.07) is 7.84. The van der Waals surface area contributed by atoms with E-state index in [2.05, 4.69) is 15.2 Å². The second-order valence-electron chi connectivity index (χ2n) is 8.95. The van der Waals surface area contributed by atoms with Crippen LogP contribution in [0.2, 0.25) is 0 Å². The molecule has 1 aliphatic carbocycles. The highest BCUT2D eigenvalue weighted by Gasteiger charge is 2.43. The maximum Gasteiger partial charge on any atom is 0.421 e. The van der Waals surface area contributed by atoms with Crippen LogP contribution in [-0.4, -0.2) is 50.0 Å². The van der Waals surface area contributed by atoms with Gasteiger partial charge in [0.25, 0.3) is 5.91 Å². The van der Waals surface area contributed by atoms with E-state index in [9.17, 15) is 18.0 Å². The van der Waals surface area contributed by atoms with Crippen LogP contribution in [-0.2, 0) is 6.18 Å². The summed E-state index contributed by atoms with van der Waals surface area (Å²) in [6.45, 7) is 2.63. The largest absolute Gasteiger partial charge is 0.477 e. The molecule has 3 fully saturated rings. The van der Waals surface area contributed by atoms with Crippen LogP contribution in [0.1, 0.15) is 40.7 Å². The topological polar surface area (TPSA) is 73.1 Å². The van der Waals surface area contributed by atoms with Crippen LogP contribution in [0.4, 0.5) is 13.2 Å². The third-order valence-corrected chi connectivity index (χ3v) is 6.77. The minimum absolute atomic E-state index is 0.0101. The fraction of sp³-hybridized carbons (Fsp3) is 0.417. The summed E-state index contributed by atoms with van der Waals surface area (Å²) < 4.78 is 45.3. The number of halogens is 3. The predicted molar refractivity (Wildman–Crippen MR) is 116 cm³/mol. The number of fused-ring (bicyclic) bond motifs is 3. The van der Waals surface area contributed by atoms with Gasteiger partial charge < -0.3 is 9.64 Å². The SMILES string of the molecule is Cc1ccc(-n2nccn2)c(C(=O)N2CC3CCC2CC3COc2ncccc2C(F)(F)F)c1. The van der Waals surface area contributed by atoms with Crippen molar-refractivity contribution in [3.63, 3.8) is 0 Å². The van der Waals surface area contributed by atoms with Crippen molar-refractivity contribution in [2.45, 2.75) is 38.4 Å². The highest BCUT2D eigenvalue weighted by molar-refractivity contribution is 5.98. The minimum Gasteiger partial charge on any atom is -0.477 e. The monoisotopic (exact) mass is 471 g/mol. The van der Waals surface area contributed by atoms with Crippen molar-refractivity contribution in [1.82, 2.24) is 24.9 Å². The molecule has 3 aromatic rings. The lowest BCUT2D eigenvalue weighted by Gasteiger charge is -2.49. The first-order valence-corrected chi connectivity index (χ1v) is 11.2. The third-order valence-electron chi connectivity index (χ3n) is 6.77. The Morgan fingerprint density at radius 2 is 1.94 bits per heavy atom. The first-order valence-electron chi connectivity index (χ1n) is 11.2. The van der Waals surface area contributed by atoms with Gasteiger partial charge in [-0.1, -0.05) is 11.6 Å². The molecule has 3 aliphatic rings. The smallest absolute Gasteiger partial charge is 0.421 e. The summed E-state index contributed by atoms with van der Waals surface area (Å²) in [5.74, 6) is -0.242. The van der Waals surface area contributed by atoms with Crippen molar-refractivity contribution < 1.29 is 22.7 Å². The number of ether oxygens (including phenoxy) is 1. The molecule has 2 aromatic heterocycles. The number of rotatable bonds is 5. The Hall–Kier alpha value is -3.43. The van der Waals surface area contributed by atoms with Crippen LogP contribution < -0.4 is 4.74 Å². The average molecular weight is 471 g/mol. The molecule has 4 heterocycles. The molecule has 2 bridgehead atoms. The summed E-state index contributed by atoms with van der Waals surface area (Å²) in [5, 5.41) is 8.35. The standard InChI is InChI=1S/C24H24F3N5O2/c1-15-4-7-21(32-29-9-10-30-32)19(11-15)23(33)31-13-16-5-6-18(31)12-17(16)14-34-22-20(24(25,26)27)3-2-8-28-22/h2-4,7-11,16-18H,5-6,12-14H2,1H3. The lowest BCUT2D eigenvalue weighted by atomic mass is 9.72. The number of carbonyl (C=O) groups is 1. The Morgan fingerprint density at radius 1 is 1.15 bits per heavy atom. The number of hydrogen-bond acceptors (Lipinski definition) is 5. The summed E-state index contributed by atoms with van der Waals surface area (Å²) in [7, 11) is 0. The van der Waals surface area contributed by atoms with Gasteiger partial charge in [-0.25, -0.2) is 4.98 Å². The molecule has 0 spiro atoms. The molecular formula is C24H24F3N5O2. The van der Waals surface area contributed by atoms with Gasteiger partial charge in [-0.2, -0.15) is 28.2 Å². The van der Waals surface area contributed by atoms with E-state index in [0.717, 1.165) is 24.5 Å². The van der Waals surface area contributed by atoms with Crippen LogP contribution >= 0.6 is 0 Å². The van der Waals surface area contributed by atoms with E-state index in [1.54, 1.807) is 12.4 Å². The molecule has 0 radical (unpaired) electrons. The van der Waals surface area contributed by atoms with Gasteiger partial charge in [0, 0.05) is 18.8 Å². The first-order chi connectivity index (χ1) is 16.3. The van der Waals surface area contributed by atoms with Gasteiger partial charge in [0.15, 0.2) is 0 Å². The maximum atomic E-state index is 13.6. The molecule has 7 nitrogen and oxygen atoms in total. The predicted octanol–water partition coefficient (Wildman–Crippen LogP) is 4.31. The van der Waals surface area contributed by atoms with Gasteiger partial charge in [0.2, 0.25) is 5.88 Å². The number of aryl methyl sites for hydroxylation is 1. The van der Waals surface area contributed by atoms with E-state index < -0.39 is 11.7 Å². The van der Waals surface area contributed by atoms with Crippen molar-refractivity contribution in [2.75, 3.05) is 13.2 Å². The Morgan fingerprint density at radius 3 is 2.65 bits per heavy atom. The molecule has 1 amide bonds. The zero-order chi connectivity index (χ0) is 23.9. The number of amides is 1. The van der Waals surface area contributed by atoms with Crippen LogP contribution in [0.3, 0.4) is 0 Å². The number of benzene rings is 1. The van der Waals surface area contributed by atoms with Crippen molar-refractivity contribution in [1.29, 1.82) is 0 Å². The highest BCUT2D eigenvalue weighted by Crippen LogP contribution is 2.41. The number of nitrogens with zero attached hydrogens (tertiary/aromatic N) is 5. The van der Waals surface area contributed by atoms with Crippen molar-refractivity contribution in [2.24, 2.45) is 11.8 Å². The summed E-state index contributed by atoms with van der Waals surface area (Å²) in [6.07, 6.45) is 2.37. The Kier molecular flexibility index (Phi) is 5.75. The van der Waals surface area contributed by atoms with Crippen molar-refractivity contribution >= 4 is 5.91 Å². The number of carbonyl (C=O) groups excluding carboxylic acids is 1. The molecular weight excluding hydrogens is 447 g/mol. The van der Waals surface area contributed by atoms with Crippen LogP contribution in [0, 0.1) is 18.8 Å². The molecule has 1 aromatic carbocycles. The van der Waals surface area contributed by atoms with Gasteiger partial charge >= 0.3 is 6.18 Å². The molecule has 0 N–H and O–H groups in total. The van der Waals surface area contributed by atoms with Crippen LogP contribution in [0.15, 0.2) is 48.9 Å². The fourth-order valence-electron chi connectivity index (χ4n) is 5.08. The van der Waals surface area contributed by atoms with Gasteiger partial charge in [0.05, 0.1) is 30.3 Å². The van der Waals surface area contributed by atoms with E-state index in [1.807, 2.05) is 30.0 Å². The van der Waals surface area contributed by atoms with Gasteiger partial charge in [-0.05, 0) is 62.3 Å². The third kappa shape index (κ3) is 4.24. The maximum absolute atomic E-state index is 13.6. The second kappa shape index (κ2) is 8.73. The van der Waals surface area contributed by atoms with Crippen LogP contribution in [0.5, 0.6) is 5.88 Å². The molecule has 1 saturated carbocycles. The molecule has 2 aliphatic heterocycles. The van der Waals surface area contributed by atoms with E-state index >= 15 is 0 Å². The molecule has 10 heteroatoms. The summed E-state index contributed by atoms with van der Waals surface area (Å²) in [5.41, 5.74) is 1.26. The molecule has 3 atom stereocenters. The summed E-state index contributed by atoms with van der Waals surface area (Å²) >= 11 is 0. The quantitative estimate of drug-likeness (QED) is 0.555. The zero-order valence-corrected chi connectivity index (χ0v) is 18.6. The lowest BCUT2D eigenvalue weighted by molar-refractivity contribution is -0.139. The second-order valence-corrected chi connectivity index (χ2v) is 8.95. The fourth-order valence-corrected chi connectivity index (χ4v) is 5.08. The van der Waals surface area contributed by atoms with Gasteiger partial charge in [-0.3, -0.25) is 4.79 Å². The normalized spacial score (nSPS) is 22.1. The Labute approximate surface area is 194 Å². The number of piperidine rings is 2. The van der Waals surface area contributed by atoms with Gasteiger partial charge in [0.1, 0.15) is 5.56 Å². The minimum atomic E-state index is -4.52. The highest BCUT2D eigenvalue weighted by atomic mass is 19.4. The van der Waals surface area contributed by atoms with Crippen molar-refractivity contribution in [3.05, 3.63) is 65.6 Å². The van der Waals surface area contributed by atoms with E-state index in [1.165, 1.54) is 17.1 Å². The average Bonchev–Trinajstić information content (AvgIpc) is 3.37. The lowest BCUT2D eigenvalue weighted by Crippen LogP contribution is -2.55. The number of pyridine rings is 1. The van der Waals surface area contributed by atoms with Crippen molar-refractivity contribution in [3.8, 4) is 11.6 Å². The van der Waals surface area contributed by atoms with Gasteiger partial charge in [-0.15, -0.1) is 0 Å². The molecule has 178 valence electrons. The number of alkyl halides is 3. The van der Waals surface area contributed by atoms with Crippen LogP contribution in [0.25, 0.3) is 5.69 Å². The number of aromatic nitrogens is 4. The number of hydrogen-bond donors (Lipinski definition) is 0. The molecule has 6 rings (SSSR count). The van der Waals surface area contributed by atoms with E-state index in [-0.39, 0.29) is 36.3 Å². The van der Waals surface area contributed by atoms with E-state index in [4.69, 9.17) is 4.74 Å². The Bertz CT molecular complexity index is 1180. The molecule has 3 unspecified atom stereocenters. The zero-order valence-electron chi connectivity index (χ0n) is 18.6. The summed E-state index contributed by atoms with van der Waals surface area (Å²) in [4.78, 5) is 20.7.